The van der Waals surface area contributed by atoms with Crippen LogP contribution in [-0.2, 0) is 4.79 Å². The minimum Gasteiger partial charge on any atom is -0.339 e. The van der Waals surface area contributed by atoms with Crippen molar-refractivity contribution in [2.45, 2.75) is 52.5 Å². The Labute approximate surface area is 99.6 Å². The molecule has 3 heteroatoms. The van der Waals surface area contributed by atoms with Crippen LogP contribution in [0.1, 0.15) is 46.5 Å². The van der Waals surface area contributed by atoms with Gasteiger partial charge in [-0.1, -0.05) is 26.7 Å². The van der Waals surface area contributed by atoms with Crippen molar-refractivity contribution in [3.63, 3.8) is 0 Å². The van der Waals surface area contributed by atoms with Gasteiger partial charge < -0.3 is 10.2 Å². The number of nitrogens with one attached hydrogen (secondary N) is 1. The third kappa shape index (κ3) is 4.12. The SMILES string of the molecule is CCC(CC)CNCC(=O)N(CC)C1CC1. The Balaban J connectivity index is 2.18. The fourth-order valence-electron chi connectivity index (χ4n) is 2.09. The Hall–Kier alpha value is -0.570. The van der Waals surface area contributed by atoms with Gasteiger partial charge in [0.05, 0.1) is 6.54 Å². The molecule has 1 amide bonds. The molecule has 1 N–H and O–H groups in total. The standard InChI is InChI=1S/C13H26N2O/c1-4-11(5-2)9-14-10-13(16)15(6-3)12-7-8-12/h11-12,14H,4-10H2,1-3H3. The lowest BCUT2D eigenvalue weighted by Crippen LogP contribution is -2.40. The Morgan fingerprint density at radius 1 is 1.31 bits per heavy atom. The van der Waals surface area contributed by atoms with E-state index >= 15 is 0 Å². The van der Waals surface area contributed by atoms with E-state index in [0.717, 1.165) is 13.1 Å². The van der Waals surface area contributed by atoms with E-state index < -0.39 is 0 Å². The number of hydrogen-bond acceptors (Lipinski definition) is 2. The number of carbonyl (C=O) groups excluding carboxylic acids is 1. The van der Waals surface area contributed by atoms with Gasteiger partial charge in [0.25, 0.3) is 0 Å². The molecule has 3 nitrogen and oxygen atoms in total. The molecule has 0 aromatic heterocycles. The molecule has 1 fully saturated rings. The van der Waals surface area contributed by atoms with Crippen LogP contribution in [0.3, 0.4) is 0 Å². The van der Waals surface area contributed by atoms with E-state index in [0.29, 0.717) is 18.5 Å². The first-order chi connectivity index (χ1) is 7.72. The van der Waals surface area contributed by atoms with Crippen LogP contribution in [0, 0.1) is 5.92 Å². The maximum atomic E-state index is 11.9. The van der Waals surface area contributed by atoms with E-state index in [1.165, 1.54) is 25.7 Å². The van der Waals surface area contributed by atoms with Crippen molar-refractivity contribution >= 4 is 5.91 Å². The van der Waals surface area contributed by atoms with E-state index in [4.69, 9.17) is 0 Å². The van der Waals surface area contributed by atoms with Crippen LogP contribution in [0.2, 0.25) is 0 Å². The normalized spacial score (nSPS) is 15.5. The largest absolute Gasteiger partial charge is 0.339 e. The molecule has 0 aromatic carbocycles. The summed E-state index contributed by atoms with van der Waals surface area (Å²) in [6, 6.07) is 0.549. The molecular weight excluding hydrogens is 200 g/mol. The molecular formula is C13H26N2O. The van der Waals surface area contributed by atoms with Crippen LogP contribution in [-0.4, -0.2) is 36.5 Å². The molecule has 1 aliphatic carbocycles. The molecule has 1 aliphatic rings. The average Bonchev–Trinajstić information content (AvgIpc) is 3.10. The first kappa shape index (κ1) is 13.5. The van der Waals surface area contributed by atoms with Crippen LogP contribution in [0.15, 0.2) is 0 Å². The lowest BCUT2D eigenvalue weighted by atomic mass is 10.0. The quantitative estimate of drug-likeness (QED) is 0.687. The number of hydrogen-bond donors (Lipinski definition) is 1. The second-order valence-corrected chi connectivity index (χ2v) is 4.72. The van der Waals surface area contributed by atoms with Crippen molar-refractivity contribution in [2.24, 2.45) is 5.92 Å². The molecule has 0 spiro atoms. The van der Waals surface area contributed by atoms with Gasteiger partial charge >= 0.3 is 0 Å². The molecule has 0 unspecified atom stereocenters. The summed E-state index contributed by atoms with van der Waals surface area (Å²) in [6.07, 6.45) is 4.79. The maximum absolute atomic E-state index is 11.9. The van der Waals surface area contributed by atoms with Gasteiger partial charge in [-0.25, -0.2) is 0 Å². The zero-order valence-electron chi connectivity index (χ0n) is 11.0. The first-order valence-electron chi connectivity index (χ1n) is 6.73. The third-order valence-corrected chi connectivity index (χ3v) is 3.51. The third-order valence-electron chi connectivity index (χ3n) is 3.51. The van der Waals surface area contributed by atoms with E-state index in [1.807, 2.05) is 4.90 Å². The molecule has 1 rings (SSSR count). The Morgan fingerprint density at radius 2 is 1.94 bits per heavy atom. The molecule has 0 aliphatic heterocycles. The van der Waals surface area contributed by atoms with Crippen molar-refractivity contribution in [2.75, 3.05) is 19.6 Å². The van der Waals surface area contributed by atoms with E-state index in [1.54, 1.807) is 0 Å². The highest BCUT2D eigenvalue weighted by Gasteiger charge is 2.30. The fourth-order valence-corrected chi connectivity index (χ4v) is 2.09. The minimum absolute atomic E-state index is 0.274. The zero-order valence-corrected chi connectivity index (χ0v) is 11.0. The zero-order chi connectivity index (χ0) is 12.0. The number of amides is 1. The summed E-state index contributed by atoms with van der Waals surface area (Å²) in [7, 11) is 0. The Bertz CT molecular complexity index is 210. The summed E-state index contributed by atoms with van der Waals surface area (Å²) in [5, 5.41) is 3.29. The van der Waals surface area contributed by atoms with Gasteiger partial charge in [0.1, 0.15) is 0 Å². The summed E-state index contributed by atoms with van der Waals surface area (Å²) >= 11 is 0. The Kier molecular flexibility index (Phi) is 5.81. The highest BCUT2D eigenvalue weighted by Crippen LogP contribution is 2.26. The van der Waals surface area contributed by atoms with Crippen LogP contribution in [0.5, 0.6) is 0 Å². The second kappa shape index (κ2) is 6.89. The minimum atomic E-state index is 0.274. The molecule has 0 bridgehead atoms. The van der Waals surface area contributed by atoms with Crippen LogP contribution in [0.25, 0.3) is 0 Å². The van der Waals surface area contributed by atoms with Gasteiger partial charge in [-0.05, 0) is 32.2 Å². The van der Waals surface area contributed by atoms with E-state index in [2.05, 4.69) is 26.1 Å². The number of nitrogens with zero attached hydrogens (tertiary/aromatic N) is 1. The molecule has 16 heavy (non-hydrogen) atoms. The van der Waals surface area contributed by atoms with Gasteiger partial charge in [0.15, 0.2) is 0 Å². The number of carbonyl (C=O) groups is 1. The molecule has 0 heterocycles. The van der Waals surface area contributed by atoms with Crippen molar-refractivity contribution in [3.05, 3.63) is 0 Å². The van der Waals surface area contributed by atoms with Crippen molar-refractivity contribution in [1.82, 2.24) is 10.2 Å². The summed E-state index contributed by atoms with van der Waals surface area (Å²) in [5.74, 6) is 0.986. The summed E-state index contributed by atoms with van der Waals surface area (Å²) in [6.45, 7) is 8.83. The fraction of sp³-hybridized carbons (Fsp3) is 0.923. The van der Waals surface area contributed by atoms with Crippen LogP contribution >= 0.6 is 0 Å². The van der Waals surface area contributed by atoms with Crippen LogP contribution < -0.4 is 5.32 Å². The summed E-state index contributed by atoms with van der Waals surface area (Å²) in [4.78, 5) is 13.9. The van der Waals surface area contributed by atoms with Crippen molar-refractivity contribution < 1.29 is 4.79 Å². The lowest BCUT2D eigenvalue weighted by Gasteiger charge is -2.21. The number of likely N-dealkylation sites (N-methyl/N-ethyl adjacent to an activating group) is 1. The maximum Gasteiger partial charge on any atom is 0.236 e. The monoisotopic (exact) mass is 226 g/mol. The van der Waals surface area contributed by atoms with Gasteiger partial charge in [-0.2, -0.15) is 0 Å². The van der Waals surface area contributed by atoms with Gasteiger partial charge in [-0.3, -0.25) is 4.79 Å². The summed E-state index contributed by atoms with van der Waals surface area (Å²) in [5.41, 5.74) is 0. The molecule has 0 radical (unpaired) electrons. The van der Waals surface area contributed by atoms with Crippen molar-refractivity contribution in [3.8, 4) is 0 Å². The topological polar surface area (TPSA) is 32.3 Å². The highest BCUT2D eigenvalue weighted by atomic mass is 16.2. The predicted octanol–water partition coefficient (Wildman–Crippen LogP) is 2.02. The molecule has 0 saturated heterocycles. The molecule has 0 atom stereocenters. The first-order valence-corrected chi connectivity index (χ1v) is 6.73. The molecule has 0 aromatic rings. The smallest absolute Gasteiger partial charge is 0.236 e. The van der Waals surface area contributed by atoms with Crippen LogP contribution in [0.4, 0.5) is 0 Å². The van der Waals surface area contributed by atoms with Gasteiger partial charge in [0.2, 0.25) is 5.91 Å². The van der Waals surface area contributed by atoms with E-state index in [9.17, 15) is 4.79 Å². The van der Waals surface area contributed by atoms with E-state index in [-0.39, 0.29) is 5.91 Å². The summed E-state index contributed by atoms with van der Waals surface area (Å²) < 4.78 is 0. The lowest BCUT2D eigenvalue weighted by molar-refractivity contribution is -0.130. The average molecular weight is 226 g/mol. The molecule has 94 valence electrons. The predicted molar refractivity (Wildman–Crippen MR) is 67.4 cm³/mol. The second-order valence-electron chi connectivity index (χ2n) is 4.72. The van der Waals surface area contributed by atoms with Crippen molar-refractivity contribution in [1.29, 1.82) is 0 Å². The molecule has 1 saturated carbocycles. The number of rotatable bonds is 8. The van der Waals surface area contributed by atoms with Gasteiger partial charge in [-0.15, -0.1) is 0 Å². The highest BCUT2D eigenvalue weighted by molar-refractivity contribution is 5.78. The Morgan fingerprint density at radius 3 is 2.38 bits per heavy atom. The van der Waals surface area contributed by atoms with Gasteiger partial charge in [0, 0.05) is 12.6 Å².